The van der Waals surface area contributed by atoms with Crippen LogP contribution in [0, 0.1) is 0 Å². The largest absolute Gasteiger partial charge is 0.395 e. The van der Waals surface area contributed by atoms with Crippen molar-refractivity contribution in [3.63, 3.8) is 0 Å². The first-order chi connectivity index (χ1) is 11.8. The number of hydrogen-bond donors (Lipinski definition) is 4. The van der Waals surface area contributed by atoms with E-state index in [2.05, 4.69) is 20.4 Å². The van der Waals surface area contributed by atoms with Gasteiger partial charge in [-0.1, -0.05) is 25.7 Å². The predicted octanol–water partition coefficient (Wildman–Crippen LogP) is 1.50. The number of nitrogens with one attached hydrogen (secondary N) is 2. The van der Waals surface area contributed by atoms with Crippen molar-refractivity contribution >= 4 is 0 Å². The number of nitrogens with zero attached hydrogens (tertiary/aromatic N) is 2. The highest BCUT2D eigenvalue weighted by molar-refractivity contribution is 4.94. The Hall–Kier alpha value is -1.40. The summed E-state index contributed by atoms with van der Waals surface area (Å²) in [5.41, 5.74) is 0. The molecule has 2 aliphatic rings. The second-order valence-corrected chi connectivity index (χ2v) is 6.62. The lowest BCUT2D eigenvalue weighted by Crippen LogP contribution is -2.36. The van der Waals surface area contributed by atoms with Gasteiger partial charge in [-0.3, -0.25) is 0 Å². The van der Waals surface area contributed by atoms with Gasteiger partial charge in [0.05, 0.1) is 25.5 Å². The van der Waals surface area contributed by atoms with E-state index in [-0.39, 0.29) is 13.2 Å². The molecule has 0 bridgehead atoms. The molecule has 0 saturated heterocycles. The molecule has 0 radical (unpaired) electrons. The van der Waals surface area contributed by atoms with Crippen LogP contribution in [-0.2, 0) is 0 Å². The zero-order valence-corrected chi connectivity index (χ0v) is 14.7. The van der Waals surface area contributed by atoms with Crippen LogP contribution in [0.2, 0.25) is 0 Å². The summed E-state index contributed by atoms with van der Waals surface area (Å²) in [4.78, 5) is 4.36. The normalized spacial score (nSPS) is 22.2. The first-order valence-electron chi connectivity index (χ1n) is 9.44. The fourth-order valence-electron chi connectivity index (χ4n) is 3.47. The van der Waals surface area contributed by atoms with Gasteiger partial charge in [0.1, 0.15) is 0 Å². The van der Waals surface area contributed by atoms with Crippen molar-refractivity contribution in [1.82, 2.24) is 20.4 Å². The van der Waals surface area contributed by atoms with Crippen LogP contribution in [-0.4, -0.2) is 58.6 Å². The Kier molecular flexibility index (Phi) is 8.84. The van der Waals surface area contributed by atoms with Crippen LogP contribution in [0.4, 0.5) is 0 Å². The van der Waals surface area contributed by atoms with Crippen LogP contribution in [0.25, 0.3) is 0 Å². The molecule has 2 aliphatic heterocycles. The summed E-state index contributed by atoms with van der Waals surface area (Å²) >= 11 is 0. The van der Waals surface area contributed by atoms with E-state index < -0.39 is 0 Å². The fourth-order valence-corrected chi connectivity index (χ4v) is 3.47. The lowest BCUT2D eigenvalue weighted by molar-refractivity contribution is 0.192. The number of hydrogen-bond acceptors (Lipinski definition) is 6. The highest BCUT2D eigenvalue weighted by Crippen LogP contribution is 2.16. The minimum atomic E-state index is 0.212. The zero-order valence-electron chi connectivity index (χ0n) is 14.7. The van der Waals surface area contributed by atoms with Gasteiger partial charge in [-0.15, -0.1) is 0 Å². The number of β-amino-alcohol motifs (C(OH)–C–C–N with tert-alkyl or cyclic N) is 2. The molecule has 6 heteroatoms. The third-order valence-corrected chi connectivity index (χ3v) is 4.83. The van der Waals surface area contributed by atoms with Crippen molar-refractivity contribution in [1.29, 1.82) is 0 Å². The Morgan fingerprint density at radius 3 is 1.50 bits per heavy atom. The minimum absolute atomic E-state index is 0.212. The van der Waals surface area contributed by atoms with Crippen molar-refractivity contribution in [2.24, 2.45) is 0 Å². The molecule has 0 saturated carbocycles. The van der Waals surface area contributed by atoms with E-state index in [1.807, 2.05) is 24.8 Å². The van der Waals surface area contributed by atoms with E-state index in [0.717, 1.165) is 12.8 Å². The molecule has 0 amide bonds. The predicted molar refractivity (Wildman–Crippen MR) is 96.6 cm³/mol. The molecule has 0 aliphatic carbocycles. The maximum absolute atomic E-state index is 9.03. The van der Waals surface area contributed by atoms with Crippen molar-refractivity contribution in [3.8, 4) is 0 Å². The number of rotatable bonds is 13. The average Bonchev–Trinajstić information content (AvgIpc) is 3.20. The highest BCUT2D eigenvalue weighted by Gasteiger charge is 2.17. The van der Waals surface area contributed by atoms with Crippen molar-refractivity contribution < 1.29 is 10.2 Å². The van der Waals surface area contributed by atoms with Crippen LogP contribution in [0.1, 0.15) is 51.4 Å². The van der Waals surface area contributed by atoms with Crippen molar-refractivity contribution in [2.75, 3.05) is 26.3 Å². The van der Waals surface area contributed by atoms with Gasteiger partial charge in [0.15, 0.2) is 0 Å². The summed E-state index contributed by atoms with van der Waals surface area (Å²) in [6, 6.07) is 0. The summed E-state index contributed by atoms with van der Waals surface area (Å²) in [6.45, 7) is 1.85. The van der Waals surface area contributed by atoms with E-state index in [1.165, 1.54) is 38.5 Å². The minimum Gasteiger partial charge on any atom is -0.395 e. The molecule has 24 heavy (non-hydrogen) atoms. The van der Waals surface area contributed by atoms with Crippen molar-refractivity contribution in [3.05, 3.63) is 24.8 Å². The molecule has 2 unspecified atom stereocenters. The summed E-state index contributed by atoms with van der Waals surface area (Å²) in [7, 11) is 0. The Morgan fingerprint density at radius 2 is 1.08 bits per heavy atom. The molecule has 2 rings (SSSR count). The molecule has 138 valence electrons. The second kappa shape index (κ2) is 11.2. The van der Waals surface area contributed by atoms with Gasteiger partial charge in [0.25, 0.3) is 0 Å². The van der Waals surface area contributed by atoms with Crippen LogP contribution in [0.15, 0.2) is 24.8 Å². The Bertz CT molecular complexity index is 353. The molecular formula is C18H34N4O2. The molecule has 0 aromatic rings. The van der Waals surface area contributed by atoms with Crippen LogP contribution in [0.5, 0.6) is 0 Å². The van der Waals surface area contributed by atoms with Gasteiger partial charge < -0.3 is 30.6 Å². The topological polar surface area (TPSA) is 71.0 Å². The smallest absolute Gasteiger partial charge is 0.0982 e. The lowest BCUT2D eigenvalue weighted by Gasteiger charge is -2.25. The third kappa shape index (κ3) is 6.24. The molecule has 0 aromatic heterocycles. The SMILES string of the molecule is OCCN1C=CNC1CCCCCCCCC1NC=CN1CCO. The second-order valence-electron chi connectivity index (χ2n) is 6.62. The Morgan fingerprint density at radius 1 is 0.667 bits per heavy atom. The molecule has 0 aromatic carbocycles. The first kappa shape index (κ1) is 18.9. The summed E-state index contributed by atoms with van der Waals surface area (Å²) in [5.74, 6) is 0. The van der Waals surface area contributed by atoms with Crippen LogP contribution < -0.4 is 10.6 Å². The molecule has 0 spiro atoms. The van der Waals surface area contributed by atoms with E-state index in [1.54, 1.807) is 0 Å². The van der Waals surface area contributed by atoms with Crippen LogP contribution >= 0.6 is 0 Å². The average molecular weight is 338 g/mol. The van der Waals surface area contributed by atoms with E-state index in [4.69, 9.17) is 10.2 Å². The zero-order chi connectivity index (χ0) is 17.0. The first-order valence-corrected chi connectivity index (χ1v) is 9.44. The quantitative estimate of drug-likeness (QED) is 0.382. The molecule has 0 fully saturated rings. The van der Waals surface area contributed by atoms with Crippen LogP contribution in [0.3, 0.4) is 0 Å². The van der Waals surface area contributed by atoms with E-state index in [9.17, 15) is 0 Å². The molecule has 4 N–H and O–H groups in total. The van der Waals surface area contributed by atoms with Gasteiger partial charge >= 0.3 is 0 Å². The summed E-state index contributed by atoms with van der Waals surface area (Å²) in [5, 5.41) is 24.8. The number of unbranched alkanes of at least 4 members (excludes halogenated alkanes) is 5. The van der Waals surface area contributed by atoms with E-state index in [0.29, 0.717) is 25.4 Å². The van der Waals surface area contributed by atoms with E-state index >= 15 is 0 Å². The maximum Gasteiger partial charge on any atom is 0.0982 e. The van der Waals surface area contributed by atoms with Gasteiger partial charge in [-0.2, -0.15) is 0 Å². The summed E-state index contributed by atoms with van der Waals surface area (Å²) in [6.07, 6.45) is 18.7. The van der Waals surface area contributed by atoms with Crippen molar-refractivity contribution in [2.45, 2.75) is 63.7 Å². The standard InChI is InChI=1S/C18H34N4O2/c23-15-13-21-11-9-19-17(21)7-5-3-1-2-4-6-8-18-20-10-12-22(18)14-16-24/h9-12,17-20,23-24H,1-8,13-16H2. The molecule has 6 nitrogen and oxygen atoms in total. The van der Waals surface area contributed by atoms with Gasteiger partial charge in [0.2, 0.25) is 0 Å². The molecule has 2 atom stereocenters. The maximum atomic E-state index is 9.03. The Balaban J connectivity index is 1.42. The number of aliphatic hydroxyl groups is 2. The Labute approximate surface area is 146 Å². The lowest BCUT2D eigenvalue weighted by atomic mass is 10.1. The third-order valence-electron chi connectivity index (χ3n) is 4.83. The fraction of sp³-hybridized carbons (Fsp3) is 0.778. The summed E-state index contributed by atoms with van der Waals surface area (Å²) < 4.78 is 0. The van der Waals surface area contributed by atoms with Gasteiger partial charge in [-0.25, -0.2) is 0 Å². The monoisotopic (exact) mass is 338 g/mol. The van der Waals surface area contributed by atoms with Gasteiger partial charge in [0, 0.05) is 37.9 Å². The molecular weight excluding hydrogens is 304 g/mol. The molecule has 2 heterocycles. The highest BCUT2D eigenvalue weighted by atomic mass is 16.3. The van der Waals surface area contributed by atoms with Gasteiger partial charge in [-0.05, 0) is 25.7 Å². The number of aliphatic hydroxyl groups excluding tert-OH is 2.